The number of benzene rings is 1. The maximum Gasteiger partial charge on any atom is 0.329 e. The van der Waals surface area contributed by atoms with Gasteiger partial charge in [0.15, 0.2) is 0 Å². The molecule has 5 N–H and O–H groups in total. The molecule has 2 fully saturated rings. The minimum atomic E-state index is -1.15. The molecular formula is C36H51Cl2N5O7. The normalized spacial score (nSPS) is 21.4. The van der Waals surface area contributed by atoms with Gasteiger partial charge in [0, 0.05) is 12.5 Å². The number of amides is 5. The number of fused-ring (bicyclic) bond motifs is 1. The lowest BCUT2D eigenvalue weighted by molar-refractivity contribution is -0.160. The highest BCUT2D eigenvalue weighted by Gasteiger charge is 2.47. The number of ketones is 1. The Morgan fingerprint density at radius 2 is 1.52 bits per heavy atom. The number of primary amides is 1. The molecule has 4 rings (SSSR count). The number of Topliss-reactive ketones (excluding diaryl/α,β-unsaturated/α-hetero) is 1. The summed E-state index contributed by atoms with van der Waals surface area (Å²) in [5.41, 5.74) is 5.88. The van der Waals surface area contributed by atoms with Crippen LogP contribution in [0.4, 0.5) is 4.79 Å². The second kappa shape index (κ2) is 15.9. The summed E-state index contributed by atoms with van der Waals surface area (Å²) in [5, 5.41) is 8.29. The van der Waals surface area contributed by atoms with Gasteiger partial charge in [-0.25, -0.2) is 9.59 Å². The van der Waals surface area contributed by atoms with Gasteiger partial charge in [-0.05, 0) is 74.8 Å². The van der Waals surface area contributed by atoms with Crippen LogP contribution in [-0.4, -0.2) is 81.6 Å². The summed E-state index contributed by atoms with van der Waals surface area (Å²) in [7, 11) is 0. The van der Waals surface area contributed by atoms with E-state index in [0.29, 0.717) is 12.8 Å². The Hall–Kier alpha value is -3.38. The Bertz CT molecular complexity index is 1440. The van der Waals surface area contributed by atoms with Crippen molar-refractivity contribution in [3.8, 4) is 0 Å². The van der Waals surface area contributed by atoms with Crippen LogP contribution in [0.5, 0.6) is 0 Å². The third-order valence-corrected chi connectivity index (χ3v) is 10.5. The number of alkyl halides is 2. The highest BCUT2D eigenvalue weighted by molar-refractivity contribution is 6.44. The minimum absolute atomic E-state index is 0.0215. The van der Waals surface area contributed by atoms with Crippen LogP contribution in [0.2, 0.25) is 0 Å². The molecule has 1 saturated heterocycles. The van der Waals surface area contributed by atoms with Crippen molar-refractivity contribution in [2.24, 2.45) is 28.9 Å². The monoisotopic (exact) mass is 735 g/mol. The average Bonchev–Trinajstić information content (AvgIpc) is 3.63. The molecule has 0 aromatic heterocycles. The van der Waals surface area contributed by atoms with Gasteiger partial charge >= 0.3 is 12.0 Å². The molecule has 12 nitrogen and oxygen atoms in total. The molecule has 1 heterocycles. The number of hydrogen-bond donors (Lipinski definition) is 4. The van der Waals surface area contributed by atoms with Gasteiger partial charge < -0.3 is 31.3 Å². The molecule has 14 heteroatoms. The zero-order valence-electron chi connectivity index (χ0n) is 29.7. The Labute approximate surface area is 304 Å². The number of nitrogens with zero attached hydrogens (tertiary/aromatic N) is 1. The number of hydrogen-bond acceptors (Lipinski definition) is 7. The molecule has 5 amide bonds. The van der Waals surface area contributed by atoms with E-state index in [2.05, 4.69) is 16.0 Å². The molecule has 1 aromatic rings. The molecular weight excluding hydrogens is 685 g/mol. The summed E-state index contributed by atoms with van der Waals surface area (Å²) < 4.78 is 5.60. The van der Waals surface area contributed by atoms with Crippen molar-refractivity contribution in [2.45, 2.75) is 121 Å². The third kappa shape index (κ3) is 9.90. The van der Waals surface area contributed by atoms with Crippen molar-refractivity contribution in [3.05, 3.63) is 35.4 Å². The molecule has 3 aliphatic rings. The summed E-state index contributed by atoms with van der Waals surface area (Å²) in [6.07, 6.45) is 4.08. The summed E-state index contributed by atoms with van der Waals surface area (Å²) >= 11 is 12.6. The lowest BCUT2D eigenvalue weighted by atomic mass is 9.80. The molecule has 1 aliphatic heterocycles. The lowest BCUT2D eigenvalue weighted by Gasteiger charge is -2.35. The number of halogens is 2. The van der Waals surface area contributed by atoms with Gasteiger partial charge in [-0.1, -0.05) is 64.3 Å². The molecule has 1 saturated carbocycles. The molecule has 0 bridgehead atoms. The van der Waals surface area contributed by atoms with Crippen LogP contribution >= 0.6 is 23.2 Å². The zero-order chi connectivity index (χ0) is 37.1. The predicted molar refractivity (Wildman–Crippen MR) is 189 cm³/mol. The summed E-state index contributed by atoms with van der Waals surface area (Å²) in [6.45, 7) is 10.6. The van der Waals surface area contributed by atoms with Crippen LogP contribution in [0.1, 0.15) is 84.8 Å². The van der Waals surface area contributed by atoms with E-state index in [4.69, 9.17) is 33.7 Å². The maximum atomic E-state index is 14.7. The predicted octanol–water partition coefficient (Wildman–Crippen LogP) is 3.58. The lowest BCUT2D eigenvalue weighted by Crippen LogP contribution is -2.61. The number of urea groups is 1. The van der Waals surface area contributed by atoms with Gasteiger partial charge in [-0.15, -0.1) is 23.2 Å². The number of nitrogens with two attached hydrogens (primary N) is 1. The average molecular weight is 737 g/mol. The van der Waals surface area contributed by atoms with E-state index in [1.165, 1.54) is 4.90 Å². The van der Waals surface area contributed by atoms with E-state index in [0.717, 1.165) is 30.4 Å². The van der Waals surface area contributed by atoms with Crippen molar-refractivity contribution in [1.82, 2.24) is 20.9 Å². The van der Waals surface area contributed by atoms with Crippen LogP contribution in [0, 0.1) is 23.2 Å². The van der Waals surface area contributed by atoms with Gasteiger partial charge in [0.1, 0.15) is 28.6 Å². The SMILES string of the molecule is CC(C)(C)OC(=O)C(NC(=O)N[C@H](C(=O)N1C[C@H](C(Cl)Cl)C[C@H]1C(=O)NC(CC1CCC1)C(=O)C(N)=O)C1Cc2ccccc2C1)C(C)(C)C. The highest BCUT2D eigenvalue weighted by atomic mass is 35.5. The van der Waals surface area contributed by atoms with Crippen LogP contribution < -0.4 is 21.7 Å². The van der Waals surface area contributed by atoms with Gasteiger partial charge in [0.05, 0.1) is 6.04 Å². The zero-order valence-corrected chi connectivity index (χ0v) is 31.2. The Morgan fingerprint density at radius 3 is 2.00 bits per heavy atom. The Kier molecular flexibility index (Phi) is 12.5. The summed E-state index contributed by atoms with van der Waals surface area (Å²) in [6, 6.07) is 2.64. The maximum absolute atomic E-state index is 14.7. The number of likely N-dealkylation sites (tertiary alicyclic amines) is 1. The quantitative estimate of drug-likeness (QED) is 0.144. The van der Waals surface area contributed by atoms with Gasteiger partial charge in [0.25, 0.3) is 5.91 Å². The van der Waals surface area contributed by atoms with E-state index in [1.54, 1.807) is 41.5 Å². The minimum Gasteiger partial charge on any atom is -0.458 e. The fourth-order valence-electron chi connectivity index (χ4n) is 6.97. The molecule has 0 spiro atoms. The largest absolute Gasteiger partial charge is 0.458 e. The second-order valence-electron chi connectivity index (χ2n) is 16.0. The Morgan fingerprint density at radius 1 is 0.920 bits per heavy atom. The van der Waals surface area contributed by atoms with Crippen LogP contribution in [0.3, 0.4) is 0 Å². The summed E-state index contributed by atoms with van der Waals surface area (Å²) in [5.74, 6) is -4.53. The first-order valence-electron chi connectivity index (χ1n) is 17.3. The van der Waals surface area contributed by atoms with Crippen molar-refractivity contribution in [2.75, 3.05) is 6.54 Å². The molecule has 50 heavy (non-hydrogen) atoms. The first-order valence-corrected chi connectivity index (χ1v) is 18.2. The first-order chi connectivity index (χ1) is 23.2. The highest BCUT2D eigenvalue weighted by Crippen LogP contribution is 2.35. The number of rotatable bonds is 12. The van der Waals surface area contributed by atoms with Crippen LogP contribution in [-0.2, 0) is 41.6 Å². The third-order valence-electron chi connectivity index (χ3n) is 9.84. The standard InChI is InChI=1S/C36H51Cl2N5O7/c1-35(2,3)28(33(48)50-36(4,5)6)42-34(49)41-26(22-15-20-12-7-8-13-21(20)16-22)32(47)43-18-23(29(37)38)17-25(43)31(46)40-24(27(44)30(39)45)14-19-10-9-11-19/h7-8,12-13,19,22-26,28-29H,9-11,14-18H2,1-6H3,(H2,39,45)(H,40,46)(H2,41,42,49)/t23-,24?,25+,26+,28?/m1/s1. The van der Waals surface area contributed by atoms with Gasteiger partial charge in [-0.2, -0.15) is 0 Å². The summed E-state index contributed by atoms with van der Waals surface area (Å²) in [4.78, 5) is 80.6. The molecule has 2 unspecified atom stereocenters. The van der Waals surface area contributed by atoms with Crippen molar-refractivity contribution >= 4 is 58.7 Å². The van der Waals surface area contributed by atoms with E-state index in [9.17, 15) is 28.8 Å². The number of carbonyl (C=O) groups excluding carboxylic acids is 6. The van der Waals surface area contributed by atoms with Crippen LogP contribution in [0.15, 0.2) is 24.3 Å². The van der Waals surface area contributed by atoms with Crippen molar-refractivity contribution in [1.29, 1.82) is 0 Å². The van der Waals surface area contributed by atoms with Gasteiger partial charge in [0.2, 0.25) is 17.6 Å². The van der Waals surface area contributed by atoms with E-state index in [1.807, 2.05) is 24.3 Å². The number of nitrogens with one attached hydrogen (secondary N) is 3. The smallest absolute Gasteiger partial charge is 0.329 e. The van der Waals surface area contributed by atoms with E-state index >= 15 is 0 Å². The van der Waals surface area contributed by atoms with Gasteiger partial charge in [-0.3, -0.25) is 19.2 Å². The molecule has 5 atom stereocenters. The fraction of sp³-hybridized carbons (Fsp3) is 0.667. The van der Waals surface area contributed by atoms with Crippen molar-refractivity contribution in [3.63, 3.8) is 0 Å². The fourth-order valence-corrected chi connectivity index (χ4v) is 7.33. The molecule has 2 aliphatic carbocycles. The van der Waals surface area contributed by atoms with E-state index in [-0.39, 0.29) is 31.2 Å². The second-order valence-corrected chi connectivity index (χ2v) is 17.2. The molecule has 1 aromatic carbocycles. The molecule has 276 valence electrons. The number of carbonyl (C=O) groups is 6. The van der Waals surface area contributed by atoms with Crippen LogP contribution in [0.25, 0.3) is 0 Å². The topological polar surface area (TPSA) is 177 Å². The Balaban J connectivity index is 1.62. The number of esters is 1. The number of ether oxygens (including phenoxy) is 1. The first kappa shape index (κ1) is 39.4. The molecule has 0 radical (unpaired) electrons. The van der Waals surface area contributed by atoms with Crippen molar-refractivity contribution < 1.29 is 33.5 Å². The van der Waals surface area contributed by atoms with E-state index < -0.39 is 81.4 Å².